The Morgan fingerprint density at radius 2 is 1.71 bits per heavy atom. The highest BCUT2D eigenvalue weighted by molar-refractivity contribution is 6.27. The lowest BCUT2D eigenvalue weighted by molar-refractivity contribution is -0.153. The first-order valence-corrected chi connectivity index (χ1v) is 12.2. The molecule has 0 N–H and O–H groups in total. The van der Waals surface area contributed by atoms with E-state index in [-0.39, 0.29) is 22.7 Å². The highest BCUT2D eigenvalue weighted by atomic mass is 19.4. The molecule has 12 heteroatoms. The molecular weight excluding hydrogens is 552 g/mol. The Kier molecular flexibility index (Phi) is 6.88. The van der Waals surface area contributed by atoms with E-state index in [2.05, 4.69) is 4.98 Å². The monoisotopic (exact) mass is 573 g/mol. The third-order valence-corrected chi connectivity index (χ3v) is 6.83. The lowest BCUT2D eigenvalue weighted by atomic mass is 9.71. The van der Waals surface area contributed by atoms with Crippen LogP contribution in [-0.4, -0.2) is 34.1 Å². The minimum Gasteiger partial charge on any atom is -0.484 e. The van der Waals surface area contributed by atoms with Gasteiger partial charge in [-0.3, -0.25) is 9.59 Å². The highest BCUT2D eigenvalue weighted by Crippen LogP contribution is 2.42. The van der Waals surface area contributed by atoms with Crippen LogP contribution in [0.15, 0.2) is 67.1 Å². The van der Waals surface area contributed by atoms with Crippen LogP contribution in [0.4, 0.5) is 32.2 Å². The summed E-state index contributed by atoms with van der Waals surface area (Å²) in [5, 5.41) is 0. The van der Waals surface area contributed by atoms with Crippen LogP contribution in [0.5, 0.6) is 5.75 Å². The summed E-state index contributed by atoms with van der Waals surface area (Å²) in [6.45, 7) is -0.0771. The lowest BCUT2D eigenvalue weighted by Gasteiger charge is -2.39. The Balaban J connectivity index is 1.65. The lowest BCUT2D eigenvalue weighted by Crippen LogP contribution is -2.54. The van der Waals surface area contributed by atoms with Crippen LogP contribution in [0.3, 0.4) is 0 Å². The number of benzene rings is 3. The maximum absolute atomic E-state index is 14.8. The van der Waals surface area contributed by atoms with Gasteiger partial charge in [0.15, 0.2) is 24.1 Å². The summed E-state index contributed by atoms with van der Waals surface area (Å²) in [5.74, 6) is -5.41. The van der Waals surface area contributed by atoms with Gasteiger partial charge >= 0.3 is 6.18 Å². The van der Waals surface area contributed by atoms with Crippen LogP contribution < -0.4 is 9.64 Å². The van der Waals surface area contributed by atoms with Crippen molar-refractivity contribution in [2.75, 3.05) is 11.5 Å². The van der Waals surface area contributed by atoms with Gasteiger partial charge in [0.05, 0.1) is 11.7 Å². The number of hydrogen-bond donors (Lipinski definition) is 0. The molecule has 3 aromatic carbocycles. The third kappa shape index (κ3) is 5.29. The molecule has 1 unspecified atom stereocenters. The number of ether oxygens (including phenoxy) is 1. The molecule has 0 fully saturated rings. The fourth-order valence-electron chi connectivity index (χ4n) is 4.88. The molecule has 6 nitrogen and oxygen atoms in total. The Labute approximate surface area is 229 Å². The van der Waals surface area contributed by atoms with Gasteiger partial charge in [-0.2, -0.15) is 13.2 Å². The van der Waals surface area contributed by atoms with Crippen molar-refractivity contribution in [3.63, 3.8) is 0 Å². The van der Waals surface area contributed by atoms with Gasteiger partial charge in [0.2, 0.25) is 5.91 Å². The van der Waals surface area contributed by atoms with Crippen molar-refractivity contribution in [2.45, 2.75) is 24.9 Å². The molecule has 1 aromatic heterocycles. The van der Waals surface area contributed by atoms with Gasteiger partial charge in [-0.05, 0) is 65.9 Å². The molecular formula is C29H21F6N3O3. The molecule has 5 rings (SSSR count). The van der Waals surface area contributed by atoms with Crippen LogP contribution in [0.25, 0.3) is 11.1 Å². The second kappa shape index (κ2) is 10.1. The summed E-state index contributed by atoms with van der Waals surface area (Å²) in [7, 11) is 1.63. The normalized spacial score (nSPS) is 17.1. The Bertz CT molecular complexity index is 1680. The number of amides is 2. The van der Waals surface area contributed by atoms with Gasteiger partial charge in [0, 0.05) is 24.9 Å². The van der Waals surface area contributed by atoms with E-state index in [1.807, 2.05) is 0 Å². The van der Waals surface area contributed by atoms with Gasteiger partial charge in [-0.1, -0.05) is 18.2 Å². The minimum absolute atomic E-state index is 0.00357. The van der Waals surface area contributed by atoms with Crippen LogP contribution >= 0.6 is 0 Å². The van der Waals surface area contributed by atoms with E-state index >= 15 is 0 Å². The Morgan fingerprint density at radius 3 is 2.39 bits per heavy atom. The number of imidazole rings is 1. The number of hydrogen-bond acceptors (Lipinski definition) is 4. The number of carbonyl (C=O) groups is 2. The number of fused-ring (bicyclic) bond motifs is 1. The van der Waals surface area contributed by atoms with E-state index < -0.39 is 59.4 Å². The molecule has 1 atom stereocenters. The summed E-state index contributed by atoms with van der Waals surface area (Å²) in [5.41, 5.74) is -1.13. The molecule has 2 amide bonds. The molecule has 0 bridgehead atoms. The molecule has 2 heterocycles. The standard InChI is InChI=1S/C29H21F6N3O3/c1-28(12-18-8-19(30)11-23(31)25(18)32)22-10-17(16-4-3-5-20(9-16)41-14-29(33,34)35)6-7-21(22)26(39)38(27(28)40)24-13-37(2)15-36-24/h3-11,13,15H,12,14H2,1-2H3. The number of aromatic nitrogens is 2. The number of aryl methyl sites for hydroxylation is 1. The number of imide groups is 1. The summed E-state index contributed by atoms with van der Waals surface area (Å²) in [4.78, 5) is 32.5. The van der Waals surface area contributed by atoms with Crippen LogP contribution in [0, 0.1) is 17.5 Å². The molecule has 0 saturated carbocycles. The second-order valence-corrected chi connectivity index (χ2v) is 9.90. The predicted octanol–water partition coefficient (Wildman–Crippen LogP) is 6.13. The largest absolute Gasteiger partial charge is 0.484 e. The maximum atomic E-state index is 14.8. The van der Waals surface area contributed by atoms with E-state index in [4.69, 9.17) is 4.74 Å². The van der Waals surface area contributed by atoms with E-state index in [0.29, 0.717) is 17.2 Å². The molecule has 212 valence electrons. The Morgan fingerprint density at radius 1 is 0.976 bits per heavy atom. The first-order valence-electron chi connectivity index (χ1n) is 12.2. The first kappa shape index (κ1) is 27.9. The Hall–Kier alpha value is -4.61. The number of nitrogens with zero attached hydrogens (tertiary/aromatic N) is 3. The van der Waals surface area contributed by atoms with Gasteiger partial charge < -0.3 is 9.30 Å². The molecule has 1 aliphatic rings. The van der Waals surface area contributed by atoms with E-state index in [9.17, 15) is 35.9 Å². The van der Waals surface area contributed by atoms with E-state index in [0.717, 1.165) is 11.0 Å². The van der Waals surface area contributed by atoms with Crippen molar-refractivity contribution in [1.82, 2.24) is 9.55 Å². The fraction of sp³-hybridized carbons (Fsp3) is 0.207. The minimum atomic E-state index is -4.55. The van der Waals surface area contributed by atoms with E-state index in [1.54, 1.807) is 13.1 Å². The molecule has 0 saturated heterocycles. The number of anilines is 1. The molecule has 41 heavy (non-hydrogen) atoms. The summed E-state index contributed by atoms with van der Waals surface area (Å²) in [6.07, 6.45) is -2.25. The van der Waals surface area contributed by atoms with Gasteiger partial charge in [0.25, 0.3) is 5.91 Å². The molecule has 0 radical (unpaired) electrons. The number of carbonyl (C=O) groups excluding carboxylic acids is 2. The smallest absolute Gasteiger partial charge is 0.422 e. The molecule has 4 aromatic rings. The van der Waals surface area contributed by atoms with Crippen molar-refractivity contribution in [3.8, 4) is 16.9 Å². The predicted molar refractivity (Wildman–Crippen MR) is 136 cm³/mol. The first-order chi connectivity index (χ1) is 19.3. The zero-order chi connectivity index (χ0) is 29.7. The maximum Gasteiger partial charge on any atom is 0.422 e. The molecule has 0 aliphatic carbocycles. The quantitative estimate of drug-likeness (QED) is 0.158. The van der Waals surface area contributed by atoms with Crippen LogP contribution in [-0.2, 0) is 23.7 Å². The van der Waals surface area contributed by atoms with E-state index in [1.165, 1.54) is 60.4 Å². The van der Waals surface area contributed by atoms with Crippen molar-refractivity contribution >= 4 is 17.6 Å². The van der Waals surface area contributed by atoms with Crippen molar-refractivity contribution in [3.05, 3.63) is 101 Å². The number of halogens is 6. The fourth-order valence-corrected chi connectivity index (χ4v) is 4.88. The topological polar surface area (TPSA) is 64.4 Å². The van der Waals surface area contributed by atoms with Crippen LogP contribution in [0.1, 0.15) is 28.4 Å². The molecule has 1 aliphatic heterocycles. The zero-order valence-corrected chi connectivity index (χ0v) is 21.6. The van der Waals surface area contributed by atoms with Gasteiger partial charge in [-0.25, -0.2) is 23.1 Å². The van der Waals surface area contributed by atoms with Crippen LogP contribution in [0.2, 0.25) is 0 Å². The third-order valence-electron chi connectivity index (χ3n) is 6.83. The summed E-state index contributed by atoms with van der Waals surface area (Å²) in [6, 6.07) is 11.4. The summed E-state index contributed by atoms with van der Waals surface area (Å²) >= 11 is 0. The van der Waals surface area contributed by atoms with Gasteiger partial charge in [0.1, 0.15) is 11.6 Å². The second-order valence-electron chi connectivity index (χ2n) is 9.90. The zero-order valence-electron chi connectivity index (χ0n) is 21.6. The average Bonchev–Trinajstić information content (AvgIpc) is 3.34. The highest BCUT2D eigenvalue weighted by Gasteiger charge is 2.49. The summed E-state index contributed by atoms with van der Waals surface area (Å²) < 4.78 is 87.3. The van der Waals surface area contributed by atoms with Crippen molar-refractivity contribution < 1.29 is 40.7 Å². The SMILES string of the molecule is Cn1cnc(N2C(=O)c3ccc(-c4cccc(OCC(F)(F)F)c4)cc3C(C)(Cc3cc(F)cc(F)c3F)C2=O)c1. The number of rotatable bonds is 6. The van der Waals surface area contributed by atoms with Crippen molar-refractivity contribution in [1.29, 1.82) is 0 Å². The molecule has 0 spiro atoms. The van der Waals surface area contributed by atoms with Crippen molar-refractivity contribution in [2.24, 2.45) is 7.05 Å². The van der Waals surface area contributed by atoms with Gasteiger partial charge in [-0.15, -0.1) is 0 Å². The average molecular weight is 573 g/mol. The number of alkyl halides is 3.